The maximum atomic E-state index is 11.3. The number of nitrogens with one attached hydrogen (secondary N) is 1. The zero-order valence-corrected chi connectivity index (χ0v) is 12.4. The fourth-order valence-corrected chi connectivity index (χ4v) is 2.60. The molecule has 0 atom stereocenters. The van der Waals surface area contributed by atoms with E-state index in [4.69, 9.17) is 11.6 Å². The summed E-state index contributed by atoms with van der Waals surface area (Å²) in [5, 5.41) is 13.3. The Labute approximate surface area is 122 Å². The number of sulfone groups is 1. The number of aromatic hydroxyl groups is 1. The lowest BCUT2D eigenvalue weighted by molar-refractivity contribution is 0.469. The van der Waals surface area contributed by atoms with Crippen LogP contribution in [0.4, 0.5) is 5.69 Å². The topological polar surface area (TPSA) is 66.4 Å². The highest BCUT2D eigenvalue weighted by Gasteiger charge is 2.08. The SMILES string of the molecule is CS(=O)(=O)c1ccc(NCc2c(O)cccc2Cl)cc1. The molecule has 0 heterocycles. The van der Waals surface area contributed by atoms with Gasteiger partial charge in [0.05, 0.1) is 4.90 Å². The van der Waals surface area contributed by atoms with Crippen molar-refractivity contribution in [3.63, 3.8) is 0 Å². The van der Waals surface area contributed by atoms with Gasteiger partial charge in [-0.1, -0.05) is 17.7 Å². The third-order valence-corrected chi connectivity index (χ3v) is 4.33. The number of hydrogen-bond donors (Lipinski definition) is 2. The molecule has 20 heavy (non-hydrogen) atoms. The van der Waals surface area contributed by atoms with Gasteiger partial charge in [-0.2, -0.15) is 0 Å². The second-order valence-electron chi connectivity index (χ2n) is 4.39. The first-order valence-electron chi connectivity index (χ1n) is 5.88. The highest BCUT2D eigenvalue weighted by Crippen LogP contribution is 2.26. The first-order chi connectivity index (χ1) is 9.38. The molecule has 2 aromatic rings. The molecule has 0 bridgehead atoms. The molecule has 6 heteroatoms. The van der Waals surface area contributed by atoms with E-state index in [1.54, 1.807) is 30.3 Å². The summed E-state index contributed by atoms with van der Waals surface area (Å²) in [5.41, 5.74) is 1.35. The molecule has 0 radical (unpaired) electrons. The second-order valence-corrected chi connectivity index (χ2v) is 6.81. The van der Waals surface area contributed by atoms with Crippen molar-refractivity contribution in [1.29, 1.82) is 0 Å². The Bertz CT molecular complexity index is 691. The molecule has 0 aliphatic rings. The largest absolute Gasteiger partial charge is 0.508 e. The molecule has 2 N–H and O–H groups in total. The number of anilines is 1. The van der Waals surface area contributed by atoms with Gasteiger partial charge in [-0.15, -0.1) is 0 Å². The first-order valence-corrected chi connectivity index (χ1v) is 8.15. The molecule has 0 amide bonds. The van der Waals surface area contributed by atoms with E-state index in [1.165, 1.54) is 12.1 Å². The van der Waals surface area contributed by atoms with E-state index < -0.39 is 9.84 Å². The van der Waals surface area contributed by atoms with Gasteiger partial charge in [0, 0.05) is 29.1 Å². The van der Waals surface area contributed by atoms with E-state index in [9.17, 15) is 13.5 Å². The highest BCUT2D eigenvalue weighted by molar-refractivity contribution is 7.90. The molecular formula is C14H14ClNO3S. The van der Waals surface area contributed by atoms with Crippen molar-refractivity contribution in [3.05, 3.63) is 53.1 Å². The van der Waals surface area contributed by atoms with E-state index in [0.717, 1.165) is 11.9 Å². The maximum Gasteiger partial charge on any atom is 0.175 e. The fraction of sp³-hybridized carbons (Fsp3) is 0.143. The number of rotatable bonds is 4. The van der Waals surface area contributed by atoms with Crippen molar-refractivity contribution >= 4 is 27.1 Å². The quantitative estimate of drug-likeness (QED) is 0.910. The molecule has 0 fully saturated rings. The van der Waals surface area contributed by atoms with Crippen LogP contribution in [0, 0.1) is 0 Å². The molecule has 0 spiro atoms. The third kappa shape index (κ3) is 3.43. The van der Waals surface area contributed by atoms with Crippen LogP contribution in [0.1, 0.15) is 5.56 Å². The summed E-state index contributed by atoms with van der Waals surface area (Å²) in [6.45, 7) is 0.351. The van der Waals surface area contributed by atoms with Gasteiger partial charge in [0.25, 0.3) is 0 Å². The van der Waals surface area contributed by atoms with Crippen LogP contribution in [-0.4, -0.2) is 19.8 Å². The Hall–Kier alpha value is -1.72. The summed E-state index contributed by atoms with van der Waals surface area (Å²) in [5.74, 6) is 0.123. The molecule has 4 nitrogen and oxygen atoms in total. The van der Waals surface area contributed by atoms with Gasteiger partial charge in [-0.05, 0) is 36.4 Å². The molecule has 0 unspecified atom stereocenters. The van der Waals surface area contributed by atoms with Gasteiger partial charge in [-0.3, -0.25) is 0 Å². The van der Waals surface area contributed by atoms with Crippen LogP contribution in [0.2, 0.25) is 5.02 Å². The van der Waals surface area contributed by atoms with Crippen LogP contribution in [-0.2, 0) is 16.4 Å². The molecule has 106 valence electrons. The Kier molecular flexibility index (Phi) is 4.20. The molecule has 0 aliphatic heterocycles. The minimum Gasteiger partial charge on any atom is -0.508 e. The number of phenols is 1. The highest BCUT2D eigenvalue weighted by atomic mass is 35.5. The van der Waals surface area contributed by atoms with Crippen molar-refractivity contribution in [2.45, 2.75) is 11.4 Å². The predicted molar refractivity (Wildman–Crippen MR) is 80.0 cm³/mol. The van der Waals surface area contributed by atoms with Crippen LogP contribution < -0.4 is 5.32 Å². The molecule has 0 saturated carbocycles. The van der Waals surface area contributed by atoms with E-state index >= 15 is 0 Å². The maximum absolute atomic E-state index is 11.3. The van der Waals surface area contributed by atoms with Gasteiger partial charge < -0.3 is 10.4 Å². The van der Waals surface area contributed by atoms with Crippen molar-refractivity contribution in [2.75, 3.05) is 11.6 Å². The number of phenolic OH excluding ortho intramolecular Hbond substituents is 1. The van der Waals surface area contributed by atoms with Crippen LogP contribution in [0.3, 0.4) is 0 Å². The Morgan fingerprint density at radius 2 is 1.80 bits per heavy atom. The third-order valence-electron chi connectivity index (χ3n) is 2.85. The van der Waals surface area contributed by atoms with E-state index in [2.05, 4.69) is 5.32 Å². The van der Waals surface area contributed by atoms with Gasteiger partial charge in [0.15, 0.2) is 9.84 Å². The monoisotopic (exact) mass is 311 g/mol. The fourth-order valence-electron chi connectivity index (χ4n) is 1.73. The Morgan fingerprint density at radius 1 is 1.15 bits per heavy atom. The minimum atomic E-state index is -3.19. The minimum absolute atomic E-state index is 0.123. The van der Waals surface area contributed by atoms with Crippen molar-refractivity contribution in [1.82, 2.24) is 0 Å². The smallest absolute Gasteiger partial charge is 0.175 e. The molecular weight excluding hydrogens is 298 g/mol. The lowest BCUT2D eigenvalue weighted by Gasteiger charge is -2.10. The molecule has 0 saturated heterocycles. The average molecular weight is 312 g/mol. The van der Waals surface area contributed by atoms with Gasteiger partial charge in [-0.25, -0.2) is 8.42 Å². The molecule has 2 aromatic carbocycles. The van der Waals surface area contributed by atoms with Crippen molar-refractivity contribution in [3.8, 4) is 5.75 Å². The first kappa shape index (κ1) is 14.7. The van der Waals surface area contributed by atoms with Gasteiger partial charge in [0.1, 0.15) is 5.75 Å². The standard InChI is InChI=1S/C14H14ClNO3S/c1-20(18,19)11-7-5-10(6-8-11)16-9-12-13(15)3-2-4-14(12)17/h2-8,16-17H,9H2,1H3. The zero-order chi connectivity index (χ0) is 14.8. The summed E-state index contributed by atoms with van der Waals surface area (Å²) in [7, 11) is -3.19. The number of halogens is 1. The van der Waals surface area contributed by atoms with Gasteiger partial charge in [0.2, 0.25) is 0 Å². The van der Waals surface area contributed by atoms with Crippen LogP contribution >= 0.6 is 11.6 Å². The lowest BCUT2D eigenvalue weighted by atomic mass is 10.2. The van der Waals surface area contributed by atoms with E-state index in [0.29, 0.717) is 17.1 Å². The zero-order valence-electron chi connectivity index (χ0n) is 10.8. The number of benzene rings is 2. The predicted octanol–water partition coefficient (Wildman–Crippen LogP) is 3.06. The lowest BCUT2D eigenvalue weighted by Crippen LogP contribution is -2.01. The summed E-state index contributed by atoms with van der Waals surface area (Å²) < 4.78 is 22.7. The van der Waals surface area contributed by atoms with E-state index in [1.807, 2.05) is 0 Å². The summed E-state index contributed by atoms with van der Waals surface area (Å²) in [6.07, 6.45) is 1.16. The molecule has 0 aromatic heterocycles. The summed E-state index contributed by atoms with van der Waals surface area (Å²) in [6, 6.07) is 11.3. The molecule has 2 rings (SSSR count). The van der Waals surface area contributed by atoms with E-state index in [-0.39, 0.29) is 10.6 Å². The normalized spacial score (nSPS) is 11.3. The average Bonchev–Trinajstić information content (AvgIpc) is 2.37. The van der Waals surface area contributed by atoms with Gasteiger partial charge >= 0.3 is 0 Å². The van der Waals surface area contributed by atoms with Crippen LogP contribution in [0.15, 0.2) is 47.4 Å². The summed E-state index contributed by atoms with van der Waals surface area (Å²) in [4.78, 5) is 0.267. The summed E-state index contributed by atoms with van der Waals surface area (Å²) >= 11 is 6.00. The van der Waals surface area contributed by atoms with Crippen molar-refractivity contribution in [2.24, 2.45) is 0 Å². The van der Waals surface area contributed by atoms with Crippen molar-refractivity contribution < 1.29 is 13.5 Å². The van der Waals surface area contributed by atoms with Crippen LogP contribution in [0.25, 0.3) is 0 Å². The molecule has 0 aliphatic carbocycles. The second kappa shape index (κ2) is 5.73. The Balaban J connectivity index is 2.12. The van der Waals surface area contributed by atoms with Crippen LogP contribution in [0.5, 0.6) is 5.75 Å². The Morgan fingerprint density at radius 3 is 2.35 bits per heavy atom. The number of hydrogen-bond acceptors (Lipinski definition) is 4.